The van der Waals surface area contributed by atoms with Gasteiger partial charge in [-0.05, 0) is 56.5 Å². The molecule has 88 valence electrons. The zero-order valence-electron chi connectivity index (χ0n) is 9.44. The average Bonchev–Trinajstić information content (AvgIpc) is 2.13. The predicted octanol–water partition coefficient (Wildman–Crippen LogP) is 3.97. The molecule has 2 nitrogen and oxygen atoms in total. The van der Waals surface area contributed by atoms with Gasteiger partial charge in [0, 0.05) is 20.9 Å². The minimum atomic E-state index is 0.282. The highest BCUT2D eigenvalue weighted by atomic mass is 79.9. The summed E-state index contributed by atoms with van der Waals surface area (Å²) in [7, 11) is 0. The number of benzene rings is 1. The Morgan fingerprint density at radius 3 is 2.31 bits per heavy atom. The maximum atomic E-state index is 5.24. The Bertz CT molecular complexity index is 379. The smallest absolute Gasteiger partial charge is 0.0629 e. The number of ether oxygens (including phenoxy) is 1. The van der Waals surface area contributed by atoms with Gasteiger partial charge in [-0.2, -0.15) is 0 Å². The van der Waals surface area contributed by atoms with Crippen LogP contribution < -0.4 is 5.32 Å². The van der Waals surface area contributed by atoms with Crippen molar-refractivity contribution in [2.75, 3.05) is 25.1 Å². The van der Waals surface area contributed by atoms with Crippen molar-refractivity contribution in [2.24, 2.45) is 5.41 Å². The van der Waals surface area contributed by atoms with Crippen LogP contribution in [-0.2, 0) is 4.74 Å². The molecular formula is C12H15Br2NO. The summed E-state index contributed by atoms with van der Waals surface area (Å²) in [6.45, 7) is 6.95. The van der Waals surface area contributed by atoms with E-state index in [0.29, 0.717) is 0 Å². The average molecular weight is 349 g/mol. The molecule has 0 aliphatic carbocycles. The first-order valence-corrected chi connectivity index (χ1v) is 6.86. The second-order valence-corrected chi connectivity index (χ2v) is 6.47. The van der Waals surface area contributed by atoms with Crippen LogP contribution in [0.2, 0.25) is 0 Å². The summed E-state index contributed by atoms with van der Waals surface area (Å²) in [6, 6.07) is 4.24. The number of hydrogen-bond donors (Lipinski definition) is 1. The normalized spacial score (nSPS) is 18.0. The summed E-state index contributed by atoms with van der Waals surface area (Å²) in [4.78, 5) is 0. The molecule has 0 unspecified atom stereocenters. The zero-order valence-corrected chi connectivity index (χ0v) is 12.6. The molecule has 16 heavy (non-hydrogen) atoms. The summed E-state index contributed by atoms with van der Waals surface area (Å²) in [5.74, 6) is 0. The highest BCUT2D eigenvalue weighted by Gasteiger charge is 2.33. The second kappa shape index (κ2) is 4.67. The molecule has 1 aromatic rings. The molecule has 1 aromatic carbocycles. The molecule has 2 rings (SSSR count). The number of nitrogens with one attached hydrogen (secondary N) is 1. The lowest BCUT2D eigenvalue weighted by Gasteiger charge is -2.38. The van der Waals surface area contributed by atoms with Gasteiger partial charge in [-0.15, -0.1) is 0 Å². The quantitative estimate of drug-likeness (QED) is 0.892. The summed E-state index contributed by atoms with van der Waals surface area (Å²) in [5.41, 5.74) is 2.64. The fourth-order valence-electron chi connectivity index (χ4n) is 1.72. The van der Waals surface area contributed by atoms with Crippen LogP contribution >= 0.6 is 31.9 Å². The number of aryl methyl sites for hydroxylation is 1. The Labute approximate surface area is 113 Å². The van der Waals surface area contributed by atoms with E-state index in [1.807, 2.05) is 0 Å². The molecule has 1 saturated heterocycles. The van der Waals surface area contributed by atoms with Gasteiger partial charge in [0.05, 0.1) is 18.9 Å². The highest BCUT2D eigenvalue weighted by molar-refractivity contribution is 9.11. The third-order valence-corrected chi connectivity index (χ3v) is 4.03. The first kappa shape index (κ1) is 12.4. The molecule has 1 aliphatic heterocycles. The molecule has 0 saturated carbocycles. The SMILES string of the molecule is Cc1cc(Br)c(NCC2(C)COC2)c(Br)c1. The minimum Gasteiger partial charge on any atom is -0.382 e. The summed E-state index contributed by atoms with van der Waals surface area (Å²) in [5, 5.41) is 3.48. The first-order chi connectivity index (χ1) is 7.50. The fourth-order valence-corrected chi connectivity index (χ4v) is 3.42. The van der Waals surface area contributed by atoms with Crippen LogP contribution in [0.5, 0.6) is 0 Å². The van der Waals surface area contributed by atoms with Crippen molar-refractivity contribution in [3.63, 3.8) is 0 Å². The molecule has 1 N–H and O–H groups in total. The third-order valence-electron chi connectivity index (χ3n) is 2.78. The Kier molecular flexibility index (Phi) is 3.62. The Morgan fingerprint density at radius 2 is 1.88 bits per heavy atom. The van der Waals surface area contributed by atoms with E-state index in [1.54, 1.807) is 0 Å². The van der Waals surface area contributed by atoms with Crippen LogP contribution in [0.4, 0.5) is 5.69 Å². The van der Waals surface area contributed by atoms with Crippen molar-refractivity contribution >= 4 is 37.5 Å². The van der Waals surface area contributed by atoms with Gasteiger partial charge in [0.2, 0.25) is 0 Å². The van der Waals surface area contributed by atoms with Crippen LogP contribution in [0.1, 0.15) is 12.5 Å². The van der Waals surface area contributed by atoms with Crippen molar-refractivity contribution in [1.29, 1.82) is 0 Å². The van der Waals surface area contributed by atoms with Crippen LogP contribution in [-0.4, -0.2) is 19.8 Å². The van der Waals surface area contributed by atoms with Crippen LogP contribution in [0.15, 0.2) is 21.1 Å². The minimum absolute atomic E-state index is 0.282. The van der Waals surface area contributed by atoms with E-state index in [9.17, 15) is 0 Å². The lowest BCUT2D eigenvalue weighted by atomic mass is 9.89. The van der Waals surface area contributed by atoms with E-state index < -0.39 is 0 Å². The van der Waals surface area contributed by atoms with E-state index in [-0.39, 0.29) is 5.41 Å². The Hall–Kier alpha value is -0.0600. The molecular weight excluding hydrogens is 334 g/mol. The van der Waals surface area contributed by atoms with Crippen LogP contribution in [0.25, 0.3) is 0 Å². The van der Waals surface area contributed by atoms with Gasteiger partial charge in [-0.25, -0.2) is 0 Å². The van der Waals surface area contributed by atoms with E-state index in [0.717, 1.165) is 34.4 Å². The van der Waals surface area contributed by atoms with Gasteiger partial charge in [-0.3, -0.25) is 0 Å². The lowest BCUT2D eigenvalue weighted by Crippen LogP contribution is -2.45. The van der Waals surface area contributed by atoms with Crippen molar-refractivity contribution in [1.82, 2.24) is 0 Å². The number of halogens is 2. The Morgan fingerprint density at radius 1 is 1.31 bits per heavy atom. The van der Waals surface area contributed by atoms with Crippen molar-refractivity contribution in [3.05, 3.63) is 26.6 Å². The van der Waals surface area contributed by atoms with Gasteiger partial charge in [0.1, 0.15) is 0 Å². The zero-order chi connectivity index (χ0) is 11.8. The number of anilines is 1. The maximum absolute atomic E-state index is 5.24. The van der Waals surface area contributed by atoms with Crippen LogP contribution in [0, 0.1) is 12.3 Å². The molecule has 1 fully saturated rings. The first-order valence-electron chi connectivity index (χ1n) is 5.27. The standard InChI is InChI=1S/C12H15Br2NO/c1-8-3-9(13)11(10(14)4-8)15-5-12(2)6-16-7-12/h3-4,15H,5-7H2,1-2H3. The molecule has 0 amide bonds. The summed E-state index contributed by atoms with van der Waals surface area (Å²) < 4.78 is 7.44. The monoisotopic (exact) mass is 347 g/mol. The predicted molar refractivity (Wildman–Crippen MR) is 74.0 cm³/mol. The van der Waals surface area contributed by atoms with E-state index in [1.165, 1.54) is 5.56 Å². The van der Waals surface area contributed by atoms with Gasteiger partial charge in [-0.1, -0.05) is 6.92 Å². The Balaban J connectivity index is 2.09. The van der Waals surface area contributed by atoms with E-state index >= 15 is 0 Å². The maximum Gasteiger partial charge on any atom is 0.0629 e. The molecule has 0 radical (unpaired) electrons. The van der Waals surface area contributed by atoms with Gasteiger partial charge in [0.15, 0.2) is 0 Å². The molecule has 0 atom stereocenters. The van der Waals surface area contributed by atoms with Crippen molar-refractivity contribution in [2.45, 2.75) is 13.8 Å². The topological polar surface area (TPSA) is 21.3 Å². The molecule has 4 heteroatoms. The number of hydrogen-bond acceptors (Lipinski definition) is 2. The van der Waals surface area contributed by atoms with E-state index in [2.05, 4.69) is 63.2 Å². The molecule has 0 bridgehead atoms. The molecule has 1 heterocycles. The highest BCUT2D eigenvalue weighted by Crippen LogP contribution is 2.34. The molecule has 1 aliphatic rings. The number of rotatable bonds is 3. The van der Waals surface area contributed by atoms with E-state index in [4.69, 9.17) is 4.74 Å². The van der Waals surface area contributed by atoms with Crippen molar-refractivity contribution < 1.29 is 4.74 Å². The second-order valence-electron chi connectivity index (χ2n) is 4.76. The lowest BCUT2D eigenvalue weighted by molar-refractivity contribution is -0.0924. The van der Waals surface area contributed by atoms with Gasteiger partial charge < -0.3 is 10.1 Å². The van der Waals surface area contributed by atoms with Crippen LogP contribution in [0.3, 0.4) is 0 Å². The van der Waals surface area contributed by atoms with Crippen molar-refractivity contribution in [3.8, 4) is 0 Å². The molecule has 0 aromatic heterocycles. The van der Waals surface area contributed by atoms with Gasteiger partial charge in [0.25, 0.3) is 0 Å². The summed E-state index contributed by atoms with van der Waals surface area (Å²) in [6.07, 6.45) is 0. The largest absolute Gasteiger partial charge is 0.382 e. The molecule has 0 spiro atoms. The fraction of sp³-hybridized carbons (Fsp3) is 0.500. The summed E-state index contributed by atoms with van der Waals surface area (Å²) >= 11 is 7.16. The third kappa shape index (κ3) is 2.60. The van der Waals surface area contributed by atoms with Gasteiger partial charge >= 0.3 is 0 Å².